The van der Waals surface area contributed by atoms with Gasteiger partial charge in [0.25, 0.3) is 0 Å². The minimum atomic E-state index is 0.628. The zero-order chi connectivity index (χ0) is 10.4. The normalized spacial score (nSPS) is 16.9. The zero-order valence-corrected chi connectivity index (χ0v) is 9.33. The molecule has 4 heteroatoms. The lowest BCUT2D eigenvalue weighted by Gasteiger charge is -2.24. The average molecular weight is 222 g/mol. The van der Waals surface area contributed by atoms with Crippen LogP contribution >= 0.6 is 11.6 Å². The number of imidazole rings is 1. The van der Waals surface area contributed by atoms with Crippen LogP contribution in [0.1, 0.15) is 31.0 Å². The number of rotatable bonds is 1. The summed E-state index contributed by atoms with van der Waals surface area (Å²) in [5.74, 6) is 1.79. The van der Waals surface area contributed by atoms with Gasteiger partial charge in [0.2, 0.25) is 0 Å². The summed E-state index contributed by atoms with van der Waals surface area (Å²) in [6, 6.07) is 1.88. The van der Waals surface area contributed by atoms with Crippen LogP contribution in [0, 0.1) is 0 Å². The van der Waals surface area contributed by atoms with Gasteiger partial charge in [-0.15, -0.1) is 0 Å². The molecule has 78 valence electrons. The highest BCUT2D eigenvalue weighted by Crippen LogP contribution is 2.36. The van der Waals surface area contributed by atoms with E-state index in [1.165, 1.54) is 19.3 Å². The van der Waals surface area contributed by atoms with Gasteiger partial charge in [-0.05, 0) is 18.9 Å². The number of hydrogen-bond acceptors (Lipinski definition) is 2. The molecule has 1 aliphatic carbocycles. The summed E-state index contributed by atoms with van der Waals surface area (Å²) < 4.78 is 2.09. The first-order valence-electron chi connectivity index (χ1n) is 5.23. The third-order valence-corrected chi connectivity index (χ3v) is 3.39. The van der Waals surface area contributed by atoms with E-state index >= 15 is 0 Å². The van der Waals surface area contributed by atoms with Crippen molar-refractivity contribution in [2.24, 2.45) is 7.05 Å². The quantitative estimate of drug-likeness (QED) is 0.742. The fourth-order valence-electron chi connectivity index (χ4n) is 2.10. The molecule has 0 atom stereocenters. The third-order valence-electron chi connectivity index (χ3n) is 3.18. The maximum atomic E-state index is 5.90. The van der Waals surface area contributed by atoms with Crippen molar-refractivity contribution in [2.75, 3.05) is 0 Å². The van der Waals surface area contributed by atoms with E-state index in [1.807, 2.05) is 13.1 Å². The van der Waals surface area contributed by atoms with Crippen LogP contribution in [0.2, 0.25) is 5.02 Å². The monoisotopic (exact) mass is 221 g/mol. The molecule has 0 amide bonds. The topological polar surface area (TPSA) is 30.7 Å². The Morgan fingerprint density at radius 3 is 2.93 bits per heavy atom. The van der Waals surface area contributed by atoms with Crippen LogP contribution in [0.15, 0.2) is 12.3 Å². The van der Waals surface area contributed by atoms with E-state index in [0.717, 1.165) is 17.0 Å². The van der Waals surface area contributed by atoms with Crippen LogP contribution in [0.4, 0.5) is 0 Å². The molecule has 0 unspecified atom stereocenters. The summed E-state index contributed by atoms with van der Waals surface area (Å²) in [5, 5.41) is 0.653. The molecular formula is C11H12ClN3. The summed E-state index contributed by atoms with van der Waals surface area (Å²) in [7, 11) is 2.03. The van der Waals surface area contributed by atoms with Crippen LogP contribution < -0.4 is 0 Å². The number of pyridine rings is 1. The predicted octanol–water partition coefficient (Wildman–Crippen LogP) is 2.89. The van der Waals surface area contributed by atoms with Gasteiger partial charge in [0.1, 0.15) is 11.3 Å². The van der Waals surface area contributed by atoms with E-state index < -0.39 is 0 Å². The van der Waals surface area contributed by atoms with Gasteiger partial charge in [-0.2, -0.15) is 0 Å². The van der Waals surface area contributed by atoms with Gasteiger partial charge >= 0.3 is 0 Å². The minimum absolute atomic E-state index is 0.628. The van der Waals surface area contributed by atoms with Crippen molar-refractivity contribution in [1.82, 2.24) is 14.5 Å². The smallest absolute Gasteiger partial charge is 0.159 e. The van der Waals surface area contributed by atoms with Gasteiger partial charge in [-0.3, -0.25) is 0 Å². The maximum Gasteiger partial charge on any atom is 0.159 e. The van der Waals surface area contributed by atoms with Crippen molar-refractivity contribution in [3.63, 3.8) is 0 Å². The Morgan fingerprint density at radius 2 is 2.27 bits per heavy atom. The van der Waals surface area contributed by atoms with Crippen molar-refractivity contribution in [3.05, 3.63) is 23.1 Å². The molecule has 0 radical (unpaired) electrons. The molecule has 3 rings (SSSR count). The Hall–Kier alpha value is -1.09. The Labute approximate surface area is 93.1 Å². The second-order valence-corrected chi connectivity index (χ2v) is 4.59. The lowest BCUT2D eigenvalue weighted by Crippen LogP contribution is -2.13. The molecule has 15 heavy (non-hydrogen) atoms. The molecule has 0 spiro atoms. The number of aromatic nitrogens is 3. The first-order chi connectivity index (χ1) is 7.25. The van der Waals surface area contributed by atoms with Gasteiger partial charge in [-0.1, -0.05) is 18.0 Å². The second-order valence-electron chi connectivity index (χ2n) is 4.15. The molecule has 0 aromatic carbocycles. The van der Waals surface area contributed by atoms with Crippen molar-refractivity contribution in [1.29, 1.82) is 0 Å². The molecule has 0 bridgehead atoms. The summed E-state index contributed by atoms with van der Waals surface area (Å²) in [6.07, 6.45) is 5.51. The van der Waals surface area contributed by atoms with E-state index in [1.54, 1.807) is 6.20 Å². The molecule has 1 saturated carbocycles. The lowest BCUT2D eigenvalue weighted by molar-refractivity contribution is 0.394. The van der Waals surface area contributed by atoms with Crippen molar-refractivity contribution in [3.8, 4) is 0 Å². The number of nitrogens with zero attached hydrogens (tertiary/aromatic N) is 3. The Bertz CT molecular complexity index is 514. The maximum absolute atomic E-state index is 5.90. The molecule has 0 saturated heterocycles. The fourth-order valence-corrected chi connectivity index (χ4v) is 2.25. The molecule has 0 N–H and O–H groups in total. The van der Waals surface area contributed by atoms with Crippen LogP contribution in [0.5, 0.6) is 0 Å². The Balaban J connectivity index is 2.19. The minimum Gasteiger partial charge on any atom is -0.316 e. The number of hydrogen-bond donors (Lipinski definition) is 0. The molecule has 3 nitrogen and oxygen atoms in total. The van der Waals surface area contributed by atoms with Crippen molar-refractivity contribution in [2.45, 2.75) is 25.2 Å². The van der Waals surface area contributed by atoms with Crippen LogP contribution in [-0.4, -0.2) is 14.5 Å². The molecule has 1 fully saturated rings. The average Bonchev–Trinajstić information content (AvgIpc) is 2.41. The molecule has 2 aromatic heterocycles. The molecular weight excluding hydrogens is 210 g/mol. The van der Waals surface area contributed by atoms with Gasteiger partial charge in [0, 0.05) is 19.2 Å². The van der Waals surface area contributed by atoms with E-state index in [9.17, 15) is 0 Å². The van der Waals surface area contributed by atoms with Crippen LogP contribution in [0.25, 0.3) is 11.2 Å². The van der Waals surface area contributed by atoms with Crippen molar-refractivity contribution >= 4 is 22.8 Å². The van der Waals surface area contributed by atoms with Crippen LogP contribution in [-0.2, 0) is 7.05 Å². The predicted molar refractivity (Wildman–Crippen MR) is 60.1 cm³/mol. The van der Waals surface area contributed by atoms with E-state index in [0.29, 0.717) is 10.9 Å². The van der Waals surface area contributed by atoms with Gasteiger partial charge in [-0.25, -0.2) is 9.97 Å². The molecule has 2 heterocycles. The SMILES string of the molecule is Cn1c(C2CCC2)nc2cc(Cl)cnc21. The zero-order valence-electron chi connectivity index (χ0n) is 8.57. The first kappa shape index (κ1) is 9.16. The summed E-state index contributed by atoms with van der Waals surface area (Å²) >= 11 is 5.90. The van der Waals surface area contributed by atoms with Gasteiger partial charge in [0.15, 0.2) is 5.65 Å². The summed E-state index contributed by atoms with van der Waals surface area (Å²) in [4.78, 5) is 8.92. The molecule has 1 aliphatic rings. The molecule has 0 aliphatic heterocycles. The summed E-state index contributed by atoms with van der Waals surface area (Å²) in [5.41, 5.74) is 1.84. The van der Waals surface area contributed by atoms with Crippen LogP contribution in [0.3, 0.4) is 0 Å². The van der Waals surface area contributed by atoms with Gasteiger partial charge in [0.05, 0.1) is 5.02 Å². The number of halogens is 1. The third kappa shape index (κ3) is 1.34. The Morgan fingerprint density at radius 1 is 1.47 bits per heavy atom. The number of fused-ring (bicyclic) bond motifs is 1. The van der Waals surface area contributed by atoms with Crippen molar-refractivity contribution < 1.29 is 0 Å². The Kier molecular flexibility index (Phi) is 1.96. The van der Waals surface area contributed by atoms with E-state index in [-0.39, 0.29) is 0 Å². The second kappa shape index (κ2) is 3.20. The highest BCUT2D eigenvalue weighted by molar-refractivity contribution is 6.31. The standard InChI is InChI=1S/C11H12ClN3/c1-15-10(7-3-2-4-7)14-9-5-8(12)6-13-11(9)15/h5-7H,2-4H2,1H3. The van der Waals surface area contributed by atoms with E-state index in [4.69, 9.17) is 11.6 Å². The van der Waals surface area contributed by atoms with Gasteiger partial charge < -0.3 is 4.57 Å². The summed E-state index contributed by atoms with van der Waals surface area (Å²) in [6.45, 7) is 0. The molecule has 2 aromatic rings. The first-order valence-corrected chi connectivity index (χ1v) is 5.61. The fraction of sp³-hybridized carbons (Fsp3) is 0.455. The lowest BCUT2D eigenvalue weighted by atomic mass is 9.85. The van der Waals surface area contributed by atoms with E-state index in [2.05, 4.69) is 14.5 Å². The highest BCUT2D eigenvalue weighted by atomic mass is 35.5. The largest absolute Gasteiger partial charge is 0.316 e. The highest BCUT2D eigenvalue weighted by Gasteiger charge is 2.24. The number of aryl methyl sites for hydroxylation is 1.